The highest BCUT2D eigenvalue weighted by Gasteiger charge is 2.08. The number of hydrogen-bond donors (Lipinski definition) is 1. The SMILES string of the molecule is Cc1nn(C)c(C)c1CNCc1cncn1C. The fraction of sp³-hybridized carbons (Fsp3) is 0.500. The Balaban J connectivity index is 1.97. The fourth-order valence-electron chi connectivity index (χ4n) is 1.94. The van der Waals surface area contributed by atoms with E-state index in [9.17, 15) is 0 Å². The van der Waals surface area contributed by atoms with E-state index in [-0.39, 0.29) is 0 Å². The van der Waals surface area contributed by atoms with E-state index in [0.29, 0.717) is 0 Å². The minimum absolute atomic E-state index is 0.824. The van der Waals surface area contributed by atoms with Crippen LogP contribution in [0.1, 0.15) is 22.6 Å². The van der Waals surface area contributed by atoms with Gasteiger partial charge in [-0.2, -0.15) is 5.10 Å². The second-order valence-electron chi connectivity index (χ2n) is 4.37. The summed E-state index contributed by atoms with van der Waals surface area (Å²) in [5.74, 6) is 0. The van der Waals surface area contributed by atoms with Crippen LogP contribution in [-0.2, 0) is 27.2 Å². The number of nitrogens with one attached hydrogen (secondary N) is 1. The Morgan fingerprint density at radius 3 is 2.53 bits per heavy atom. The lowest BCUT2D eigenvalue weighted by atomic mass is 10.2. The van der Waals surface area contributed by atoms with Crippen molar-refractivity contribution >= 4 is 0 Å². The highest BCUT2D eigenvalue weighted by atomic mass is 15.3. The lowest BCUT2D eigenvalue weighted by Gasteiger charge is -2.06. The fourth-order valence-corrected chi connectivity index (χ4v) is 1.94. The average Bonchev–Trinajstić information content (AvgIpc) is 2.78. The number of rotatable bonds is 4. The molecule has 0 atom stereocenters. The zero-order valence-corrected chi connectivity index (χ0v) is 10.9. The molecule has 0 unspecified atom stereocenters. The Hall–Kier alpha value is -1.62. The second kappa shape index (κ2) is 4.71. The van der Waals surface area contributed by atoms with Crippen LogP contribution < -0.4 is 5.32 Å². The molecule has 0 aliphatic heterocycles. The number of nitrogens with zero attached hydrogens (tertiary/aromatic N) is 4. The molecule has 5 nitrogen and oxygen atoms in total. The summed E-state index contributed by atoms with van der Waals surface area (Å²) >= 11 is 0. The van der Waals surface area contributed by atoms with E-state index in [2.05, 4.69) is 22.3 Å². The van der Waals surface area contributed by atoms with Crippen molar-refractivity contribution in [2.24, 2.45) is 14.1 Å². The molecule has 0 aliphatic carbocycles. The van der Waals surface area contributed by atoms with Gasteiger partial charge in [0.2, 0.25) is 0 Å². The molecule has 0 aromatic carbocycles. The van der Waals surface area contributed by atoms with Crippen LogP contribution in [0.25, 0.3) is 0 Å². The smallest absolute Gasteiger partial charge is 0.0945 e. The molecule has 0 radical (unpaired) electrons. The van der Waals surface area contributed by atoms with Crippen LogP contribution in [0.2, 0.25) is 0 Å². The maximum absolute atomic E-state index is 4.40. The number of hydrogen-bond acceptors (Lipinski definition) is 3. The summed E-state index contributed by atoms with van der Waals surface area (Å²) in [6.45, 7) is 5.82. The molecule has 2 rings (SSSR count). The Morgan fingerprint density at radius 1 is 1.24 bits per heavy atom. The van der Waals surface area contributed by atoms with Crippen molar-refractivity contribution in [3.05, 3.63) is 35.2 Å². The standard InChI is InChI=1S/C12H19N5/c1-9-12(10(2)17(4)15-9)7-13-5-11-6-14-8-16(11)3/h6,8,13H,5,7H2,1-4H3. The van der Waals surface area contributed by atoms with Gasteiger partial charge in [-0.1, -0.05) is 0 Å². The van der Waals surface area contributed by atoms with Gasteiger partial charge in [0.25, 0.3) is 0 Å². The monoisotopic (exact) mass is 233 g/mol. The third-order valence-electron chi connectivity index (χ3n) is 3.18. The van der Waals surface area contributed by atoms with Crippen molar-refractivity contribution in [1.29, 1.82) is 0 Å². The van der Waals surface area contributed by atoms with Crippen molar-refractivity contribution in [3.8, 4) is 0 Å². The maximum Gasteiger partial charge on any atom is 0.0945 e. The molecular weight excluding hydrogens is 214 g/mol. The van der Waals surface area contributed by atoms with E-state index in [1.54, 1.807) is 0 Å². The van der Waals surface area contributed by atoms with Crippen molar-refractivity contribution in [3.63, 3.8) is 0 Å². The summed E-state index contributed by atoms with van der Waals surface area (Å²) in [6, 6.07) is 0. The van der Waals surface area contributed by atoms with E-state index in [1.807, 2.05) is 42.8 Å². The molecule has 2 aromatic rings. The summed E-state index contributed by atoms with van der Waals surface area (Å²) in [6.07, 6.45) is 3.70. The zero-order valence-electron chi connectivity index (χ0n) is 10.9. The zero-order chi connectivity index (χ0) is 12.4. The number of aryl methyl sites for hydroxylation is 3. The molecule has 1 N–H and O–H groups in total. The van der Waals surface area contributed by atoms with Gasteiger partial charge in [0, 0.05) is 44.6 Å². The minimum atomic E-state index is 0.824. The van der Waals surface area contributed by atoms with Crippen molar-refractivity contribution < 1.29 is 0 Å². The Kier molecular flexibility index (Phi) is 3.28. The van der Waals surface area contributed by atoms with Crippen LogP contribution in [0, 0.1) is 13.8 Å². The van der Waals surface area contributed by atoms with Gasteiger partial charge in [0.05, 0.1) is 17.7 Å². The third kappa shape index (κ3) is 2.39. The molecule has 0 amide bonds. The first-order valence-electron chi connectivity index (χ1n) is 5.74. The first kappa shape index (κ1) is 11.9. The highest BCUT2D eigenvalue weighted by molar-refractivity contribution is 5.24. The first-order valence-corrected chi connectivity index (χ1v) is 5.74. The highest BCUT2D eigenvalue weighted by Crippen LogP contribution is 2.11. The first-order chi connectivity index (χ1) is 8.09. The second-order valence-corrected chi connectivity index (χ2v) is 4.37. The van der Waals surface area contributed by atoms with Crippen LogP contribution in [0.4, 0.5) is 0 Å². The van der Waals surface area contributed by atoms with Gasteiger partial charge in [0.15, 0.2) is 0 Å². The normalized spacial score (nSPS) is 11.1. The van der Waals surface area contributed by atoms with Crippen LogP contribution in [-0.4, -0.2) is 19.3 Å². The van der Waals surface area contributed by atoms with Gasteiger partial charge in [-0.25, -0.2) is 4.98 Å². The molecule has 92 valence electrons. The largest absolute Gasteiger partial charge is 0.337 e. The number of aromatic nitrogens is 4. The predicted molar refractivity (Wildman–Crippen MR) is 66.4 cm³/mol. The van der Waals surface area contributed by atoms with Crippen LogP contribution in [0.15, 0.2) is 12.5 Å². The van der Waals surface area contributed by atoms with E-state index >= 15 is 0 Å². The Labute approximate surface area is 101 Å². The predicted octanol–water partition coefficient (Wildman–Crippen LogP) is 1.06. The van der Waals surface area contributed by atoms with E-state index in [0.717, 1.165) is 18.8 Å². The summed E-state index contributed by atoms with van der Waals surface area (Å²) < 4.78 is 3.95. The summed E-state index contributed by atoms with van der Waals surface area (Å²) in [4.78, 5) is 4.09. The summed E-state index contributed by atoms with van der Waals surface area (Å²) in [5.41, 5.74) is 4.79. The van der Waals surface area contributed by atoms with Gasteiger partial charge >= 0.3 is 0 Å². The van der Waals surface area contributed by atoms with Crippen LogP contribution in [0.5, 0.6) is 0 Å². The molecule has 0 saturated carbocycles. The quantitative estimate of drug-likeness (QED) is 0.859. The van der Waals surface area contributed by atoms with E-state index in [1.165, 1.54) is 17.0 Å². The molecule has 5 heteroatoms. The van der Waals surface area contributed by atoms with Crippen molar-refractivity contribution in [2.45, 2.75) is 26.9 Å². The van der Waals surface area contributed by atoms with Crippen LogP contribution >= 0.6 is 0 Å². The average molecular weight is 233 g/mol. The molecular formula is C12H19N5. The Bertz CT molecular complexity index is 509. The van der Waals surface area contributed by atoms with E-state index in [4.69, 9.17) is 0 Å². The van der Waals surface area contributed by atoms with Gasteiger partial charge < -0.3 is 9.88 Å². The molecule has 0 aliphatic rings. The van der Waals surface area contributed by atoms with Gasteiger partial charge in [0.1, 0.15) is 0 Å². The molecule has 0 fully saturated rings. The lowest BCUT2D eigenvalue weighted by Crippen LogP contribution is -2.15. The minimum Gasteiger partial charge on any atom is -0.337 e. The molecule has 0 bridgehead atoms. The summed E-state index contributed by atoms with van der Waals surface area (Å²) in [7, 11) is 3.98. The van der Waals surface area contributed by atoms with Crippen LogP contribution in [0.3, 0.4) is 0 Å². The van der Waals surface area contributed by atoms with Gasteiger partial charge in [-0.15, -0.1) is 0 Å². The van der Waals surface area contributed by atoms with Gasteiger partial charge in [-0.3, -0.25) is 4.68 Å². The molecule has 0 spiro atoms. The molecule has 2 aromatic heterocycles. The maximum atomic E-state index is 4.40. The summed E-state index contributed by atoms with van der Waals surface area (Å²) in [5, 5.41) is 7.83. The molecule has 2 heterocycles. The topological polar surface area (TPSA) is 47.7 Å². The number of imidazole rings is 1. The van der Waals surface area contributed by atoms with Crippen molar-refractivity contribution in [2.75, 3.05) is 0 Å². The van der Waals surface area contributed by atoms with Gasteiger partial charge in [-0.05, 0) is 13.8 Å². The van der Waals surface area contributed by atoms with Crippen molar-refractivity contribution in [1.82, 2.24) is 24.6 Å². The Morgan fingerprint density at radius 2 is 2.00 bits per heavy atom. The third-order valence-corrected chi connectivity index (χ3v) is 3.18. The molecule has 17 heavy (non-hydrogen) atoms. The lowest BCUT2D eigenvalue weighted by molar-refractivity contribution is 0.650. The van der Waals surface area contributed by atoms with E-state index < -0.39 is 0 Å². The molecule has 0 saturated heterocycles.